The van der Waals surface area contributed by atoms with Crippen molar-refractivity contribution in [3.05, 3.63) is 48.0 Å². The van der Waals surface area contributed by atoms with Gasteiger partial charge in [0.1, 0.15) is 16.4 Å². The number of rotatable bonds is 15. The van der Waals surface area contributed by atoms with E-state index >= 15 is 0 Å². The van der Waals surface area contributed by atoms with Crippen LogP contribution >= 0.6 is 0 Å². The molecule has 0 saturated heterocycles. The molecule has 0 unspecified atom stereocenters. The van der Waals surface area contributed by atoms with Crippen molar-refractivity contribution in [1.82, 2.24) is 0 Å². The number of hydrogen-bond acceptors (Lipinski definition) is 4. The monoisotopic (exact) mass is 486 g/mol. The molecular weight excluding hydrogens is 451 g/mol. The van der Waals surface area contributed by atoms with Crippen LogP contribution < -0.4 is 61.2 Å². The topological polar surface area (TPSA) is 86.7 Å². The molecule has 0 aromatic heterocycles. The molecule has 5 nitrogen and oxygen atoms in total. The molecule has 0 radical (unpaired) electrons. The van der Waals surface area contributed by atoms with E-state index in [1.54, 1.807) is 24.3 Å². The van der Waals surface area contributed by atoms with E-state index in [-0.39, 0.29) is 67.6 Å². The predicted molar refractivity (Wildman–Crippen MR) is 122 cm³/mol. The van der Waals surface area contributed by atoms with Gasteiger partial charge in [0.25, 0.3) is 10.1 Å². The Bertz CT molecular complexity index is 885. The second-order valence-corrected chi connectivity index (χ2v) is 9.44. The van der Waals surface area contributed by atoms with Crippen molar-refractivity contribution in [2.45, 2.75) is 88.9 Å². The molecule has 0 amide bonds. The van der Waals surface area contributed by atoms with Gasteiger partial charge in [0.05, 0.1) is 0 Å². The van der Waals surface area contributed by atoms with Crippen LogP contribution in [0.15, 0.2) is 47.4 Å². The van der Waals surface area contributed by atoms with Crippen LogP contribution in [0.4, 0.5) is 0 Å². The van der Waals surface area contributed by atoms with Gasteiger partial charge >= 0.3 is 51.4 Å². The number of ether oxygens (including phenoxy) is 1. The van der Waals surface area contributed by atoms with Gasteiger partial charge in [-0.1, -0.05) is 101 Å². The Balaban J connectivity index is 0.00000512. The van der Waals surface area contributed by atoms with Crippen LogP contribution in [0.3, 0.4) is 0 Å². The summed E-state index contributed by atoms with van der Waals surface area (Å²) in [5.74, 6) is 0.0370. The maximum atomic E-state index is 12.4. The van der Waals surface area contributed by atoms with Crippen molar-refractivity contribution in [1.29, 1.82) is 0 Å². The molecule has 0 fully saturated rings. The van der Waals surface area contributed by atoms with Crippen LogP contribution in [0.2, 0.25) is 0 Å². The normalized spacial score (nSPS) is 11.2. The molecule has 2 aromatic carbocycles. The molecule has 1 N–H and O–H groups in total. The second kappa shape index (κ2) is 16.3. The largest absolute Gasteiger partial charge is 1.00 e. The molecule has 0 spiro atoms. The van der Waals surface area contributed by atoms with Crippen molar-refractivity contribution in [2.24, 2.45) is 0 Å². The van der Waals surface area contributed by atoms with Gasteiger partial charge in [-0.05, 0) is 31.0 Å². The maximum Gasteiger partial charge on any atom is 1.00 e. The molecule has 0 aliphatic heterocycles. The minimum Gasteiger partial charge on any atom is -0.870 e. The fraction of sp³-hybridized carbons (Fsp3) is 0.520. The third kappa shape index (κ3) is 10.7. The Morgan fingerprint density at radius 1 is 0.812 bits per heavy atom. The Kier molecular flexibility index (Phi) is 15.0. The Labute approximate surface area is 236 Å². The predicted octanol–water partition coefficient (Wildman–Crippen LogP) is 3.66. The molecule has 0 aliphatic carbocycles. The summed E-state index contributed by atoms with van der Waals surface area (Å²) in [5.41, 5.74) is 0.259. The molecule has 2 aromatic rings. The van der Waals surface area contributed by atoms with Crippen molar-refractivity contribution in [3.8, 4) is 17.2 Å². The van der Waals surface area contributed by atoms with Gasteiger partial charge < -0.3 is 9.84 Å². The van der Waals surface area contributed by atoms with E-state index in [0.717, 1.165) is 31.7 Å². The number of unbranched alkanes of at least 4 members (excludes halogenated alkanes) is 10. The standard InChI is InChI=1S/C25H36O5S.K/c1-2-3-4-5-6-7-8-9-10-11-15-18-22-24(31(27,28)29)20-19-23(26)25(22)30-21-16-13-12-14-17-21;/h12-14,16-17,19-20,26H,2-11,15,18H2,1H3,(H,27,28,29);/q;+1/p-1. The van der Waals surface area contributed by atoms with Crippen molar-refractivity contribution in [3.63, 3.8) is 0 Å². The molecule has 0 heterocycles. The molecule has 172 valence electrons. The van der Waals surface area contributed by atoms with Crippen molar-refractivity contribution < 1.29 is 74.2 Å². The minimum atomic E-state index is -4.45. The Hall–Kier alpha value is -0.414. The molecule has 7 heteroatoms. The van der Waals surface area contributed by atoms with E-state index in [0.29, 0.717) is 12.2 Å². The number of para-hydroxylation sites is 1. The first-order valence-corrected chi connectivity index (χ1v) is 12.9. The summed E-state index contributed by atoms with van der Waals surface area (Å²) in [6.07, 6.45) is 13.3. The van der Waals surface area contributed by atoms with Crippen molar-refractivity contribution >= 4 is 10.1 Å². The first-order chi connectivity index (χ1) is 14.9. The smallest absolute Gasteiger partial charge is 0.870 e. The minimum absolute atomic E-state index is 0. The summed E-state index contributed by atoms with van der Waals surface area (Å²) in [4.78, 5) is -0.245. The third-order valence-electron chi connectivity index (χ3n) is 5.45. The van der Waals surface area contributed by atoms with Gasteiger partial charge in [0, 0.05) is 5.56 Å². The van der Waals surface area contributed by atoms with E-state index in [2.05, 4.69) is 6.92 Å². The Morgan fingerprint density at radius 3 is 1.88 bits per heavy atom. The quantitative estimate of drug-likeness (QED) is 0.236. The number of hydrogen-bond donors (Lipinski definition) is 1. The van der Waals surface area contributed by atoms with Crippen molar-refractivity contribution in [2.75, 3.05) is 0 Å². The van der Waals surface area contributed by atoms with Crippen LogP contribution in [0.5, 0.6) is 17.2 Å². The molecule has 0 aliphatic rings. The first-order valence-electron chi connectivity index (χ1n) is 11.5. The summed E-state index contributed by atoms with van der Waals surface area (Å²) in [6.45, 7) is 2.23. The van der Waals surface area contributed by atoms with Crippen LogP contribution in [0, 0.1) is 0 Å². The van der Waals surface area contributed by atoms with Gasteiger partial charge in [-0.2, -0.15) is 8.42 Å². The fourth-order valence-electron chi connectivity index (χ4n) is 3.75. The van der Waals surface area contributed by atoms with Gasteiger partial charge in [0.15, 0.2) is 0 Å². The number of benzene rings is 2. The molecule has 2 rings (SSSR count). The fourth-order valence-corrected chi connectivity index (χ4v) is 4.50. The average Bonchev–Trinajstić information content (AvgIpc) is 2.74. The molecule has 0 saturated carbocycles. The van der Waals surface area contributed by atoms with E-state index in [1.807, 2.05) is 6.07 Å². The van der Waals surface area contributed by atoms with E-state index in [4.69, 9.17) is 4.74 Å². The average molecular weight is 487 g/mol. The SMILES string of the molecule is CCCCCCCCCCCCCc1c(S(=O)(=O)O)ccc([O-])c1Oc1ccccc1.[K+]. The van der Waals surface area contributed by atoms with Crippen LogP contribution in [-0.4, -0.2) is 13.0 Å². The van der Waals surface area contributed by atoms with E-state index in [9.17, 15) is 18.1 Å². The van der Waals surface area contributed by atoms with Gasteiger partial charge in [0.2, 0.25) is 0 Å². The maximum absolute atomic E-state index is 12.4. The van der Waals surface area contributed by atoms with Gasteiger partial charge in [-0.15, -0.1) is 0 Å². The molecule has 32 heavy (non-hydrogen) atoms. The van der Waals surface area contributed by atoms with Crippen LogP contribution in [0.25, 0.3) is 0 Å². The van der Waals surface area contributed by atoms with E-state index in [1.165, 1.54) is 51.0 Å². The third-order valence-corrected chi connectivity index (χ3v) is 6.39. The summed E-state index contributed by atoms with van der Waals surface area (Å²) in [6, 6.07) is 11.1. The Morgan fingerprint density at radius 2 is 1.34 bits per heavy atom. The van der Waals surface area contributed by atoms with E-state index < -0.39 is 15.9 Å². The molecule has 0 bridgehead atoms. The summed E-state index contributed by atoms with van der Waals surface area (Å²) >= 11 is 0. The van der Waals surface area contributed by atoms with Crippen LogP contribution in [0.1, 0.15) is 83.1 Å². The zero-order valence-corrected chi connectivity index (χ0v) is 23.5. The summed E-state index contributed by atoms with van der Waals surface area (Å²) in [7, 11) is -4.45. The zero-order chi connectivity index (χ0) is 22.5. The zero-order valence-electron chi connectivity index (χ0n) is 19.5. The van der Waals surface area contributed by atoms with Gasteiger partial charge in [-0.25, -0.2) is 0 Å². The summed E-state index contributed by atoms with van der Waals surface area (Å²) < 4.78 is 39.1. The first kappa shape index (κ1) is 29.6. The second-order valence-electron chi connectivity index (χ2n) is 8.05. The van der Waals surface area contributed by atoms with Gasteiger partial charge in [-0.3, -0.25) is 4.55 Å². The van der Waals surface area contributed by atoms with Crippen LogP contribution in [-0.2, 0) is 16.5 Å². The summed E-state index contributed by atoms with van der Waals surface area (Å²) in [5, 5.41) is 12.4. The molecular formula is C25H35KO5S. The molecule has 0 atom stereocenters.